The van der Waals surface area contributed by atoms with Crippen LogP contribution in [0.1, 0.15) is 36.4 Å². The summed E-state index contributed by atoms with van der Waals surface area (Å²) in [5.74, 6) is 0.134. The van der Waals surface area contributed by atoms with E-state index < -0.39 is 0 Å². The van der Waals surface area contributed by atoms with Crippen LogP contribution in [0.2, 0.25) is 0 Å². The van der Waals surface area contributed by atoms with Gasteiger partial charge in [-0.05, 0) is 61.6 Å². The number of morpholine rings is 1. The lowest BCUT2D eigenvalue weighted by atomic mass is 10.1. The first-order valence-corrected chi connectivity index (χ1v) is 11.4. The maximum atomic E-state index is 12.7. The van der Waals surface area contributed by atoms with Crippen LogP contribution < -0.4 is 5.32 Å². The molecule has 0 radical (unpaired) electrons. The van der Waals surface area contributed by atoms with Crippen molar-refractivity contribution >= 4 is 17.7 Å². The lowest BCUT2D eigenvalue weighted by Gasteiger charge is -2.26. The van der Waals surface area contributed by atoms with Crippen molar-refractivity contribution in [2.45, 2.75) is 40.7 Å². The van der Waals surface area contributed by atoms with Crippen molar-refractivity contribution in [3.8, 4) is 6.07 Å². The van der Waals surface area contributed by atoms with Crippen molar-refractivity contribution in [3.63, 3.8) is 0 Å². The normalized spacial score (nSPS) is 15.1. The van der Waals surface area contributed by atoms with Gasteiger partial charge in [0, 0.05) is 43.3 Å². The van der Waals surface area contributed by atoms with E-state index in [1.807, 2.05) is 37.3 Å². The van der Waals surface area contributed by atoms with E-state index in [4.69, 9.17) is 4.74 Å². The van der Waals surface area contributed by atoms with Crippen molar-refractivity contribution in [3.05, 3.63) is 58.4 Å². The molecule has 1 N–H and O–H groups in total. The molecule has 170 valence electrons. The molecular weight excluding hydrogens is 400 g/mol. The Morgan fingerprint density at radius 3 is 2.53 bits per heavy atom. The molecule has 3 rings (SSSR count). The summed E-state index contributed by atoms with van der Waals surface area (Å²) in [6.45, 7) is 13.9. The van der Waals surface area contributed by atoms with Gasteiger partial charge < -0.3 is 14.6 Å². The molecule has 1 amide bonds. The van der Waals surface area contributed by atoms with Crippen LogP contribution in [-0.4, -0.2) is 48.2 Å². The van der Waals surface area contributed by atoms with Crippen LogP contribution in [0.3, 0.4) is 0 Å². The standard InChI is InChI=1S/C26H34N4O2/c1-19(2)18-30-20(3)15-23(21(30)4)16-24(17-27)26(31)28-25-7-5-22(6-8-25)9-10-29-11-13-32-14-12-29/h5-8,15-16,19H,9-14,18H2,1-4H3,(H,28,31)/b24-16-. The van der Waals surface area contributed by atoms with E-state index >= 15 is 0 Å². The number of hydrogen-bond donors (Lipinski definition) is 1. The molecule has 0 spiro atoms. The van der Waals surface area contributed by atoms with Crippen molar-refractivity contribution in [2.75, 3.05) is 38.2 Å². The summed E-state index contributed by atoms with van der Waals surface area (Å²) >= 11 is 0. The number of nitrogens with zero attached hydrogens (tertiary/aromatic N) is 3. The van der Waals surface area contributed by atoms with Crippen molar-refractivity contribution in [1.29, 1.82) is 5.26 Å². The summed E-state index contributed by atoms with van der Waals surface area (Å²) in [4.78, 5) is 15.1. The van der Waals surface area contributed by atoms with Gasteiger partial charge in [0.1, 0.15) is 11.6 Å². The van der Waals surface area contributed by atoms with Gasteiger partial charge in [-0.2, -0.15) is 5.26 Å². The molecule has 0 unspecified atom stereocenters. The predicted octanol–water partition coefficient (Wildman–Crippen LogP) is 4.18. The average molecular weight is 435 g/mol. The zero-order valence-corrected chi connectivity index (χ0v) is 19.6. The maximum absolute atomic E-state index is 12.7. The predicted molar refractivity (Wildman–Crippen MR) is 128 cm³/mol. The summed E-state index contributed by atoms with van der Waals surface area (Å²) in [6.07, 6.45) is 2.65. The van der Waals surface area contributed by atoms with Gasteiger partial charge in [0.25, 0.3) is 5.91 Å². The first kappa shape index (κ1) is 23.8. The van der Waals surface area contributed by atoms with Crippen molar-refractivity contribution in [2.24, 2.45) is 5.92 Å². The Morgan fingerprint density at radius 1 is 1.22 bits per heavy atom. The van der Waals surface area contributed by atoms with Crippen LogP contribution in [0.5, 0.6) is 0 Å². The molecule has 1 aromatic heterocycles. The zero-order chi connectivity index (χ0) is 23.1. The molecule has 0 aliphatic carbocycles. The Balaban J connectivity index is 1.63. The highest BCUT2D eigenvalue weighted by Crippen LogP contribution is 2.20. The first-order chi connectivity index (χ1) is 15.4. The number of aryl methyl sites for hydroxylation is 1. The number of rotatable bonds is 8. The van der Waals surface area contributed by atoms with E-state index in [0.717, 1.165) is 62.8 Å². The van der Waals surface area contributed by atoms with Gasteiger partial charge in [0.15, 0.2) is 0 Å². The van der Waals surface area contributed by atoms with Crippen LogP contribution >= 0.6 is 0 Å². The number of hydrogen-bond acceptors (Lipinski definition) is 4. The third-order valence-corrected chi connectivity index (χ3v) is 5.86. The Kier molecular flexibility index (Phi) is 8.26. The number of aromatic nitrogens is 1. The van der Waals surface area contributed by atoms with E-state index in [2.05, 4.69) is 41.6 Å². The van der Waals surface area contributed by atoms with Crippen molar-refractivity contribution < 1.29 is 9.53 Å². The van der Waals surface area contributed by atoms with Crippen LogP contribution in [0.25, 0.3) is 6.08 Å². The molecule has 0 saturated carbocycles. The highest BCUT2D eigenvalue weighted by Gasteiger charge is 2.14. The molecule has 1 aliphatic heterocycles. The minimum atomic E-state index is -0.387. The van der Waals surface area contributed by atoms with Crippen LogP contribution in [-0.2, 0) is 22.5 Å². The molecule has 1 fully saturated rings. The topological polar surface area (TPSA) is 70.3 Å². The number of ether oxygens (including phenoxy) is 1. The third-order valence-electron chi connectivity index (χ3n) is 5.86. The SMILES string of the molecule is Cc1cc(/C=C(/C#N)C(=O)Nc2ccc(CCN3CCOCC3)cc2)c(C)n1CC(C)C. The summed E-state index contributed by atoms with van der Waals surface area (Å²) in [5, 5.41) is 12.4. The lowest BCUT2D eigenvalue weighted by Crippen LogP contribution is -2.37. The van der Waals surface area contributed by atoms with E-state index in [0.29, 0.717) is 11.6 Å². The van der Waals surface area contributed by atoms with E-state index in [1.54, 1.807) is 6.08 Å². The molecule has 6 nitrogen and oxygen atoms in total. The number of nitrogens with one attached hydrogen (secondary N) is 1. The fraction of sp³-hybridized carbons (Fsp3) is 0.462. The van der Waals surface area contributed by atoms with E-state index in [1.165, 1.54) is 5.56 Å². The minimum Gasteiger partial charge on any atom is -0.379 e. The number of anilines is 1. The van der Waals surface area contributed by atoms with Crippen LogP contribution in [0.15, 0.2) is 35.9 Å². The lowest BCUT2D eigenvalue weighted by molar-refractivity contribution is -0.112. The molecule has 0 atom stereocenters. The zero-order valence-electron chi connectivity index (χ0n) is 19.6. The number of carbonyl (C=O) groups is 1. The summed E-state index contributed by atoms with van der Waals surface area (Å²) in [7, 11) is 0. The summed E-state index contributed by atoms with van der Waals surface area (Å²) in [6, 6.07) is 12.0. The second kappa shape index (κ2) is 11.1. The second-order valence-corrected chi connectivity index (χ2v) is 8.86. The molecule has 1 aliphatic rings. The Hall–Kier alpha value is -2.88. The quantitative estimate of drug-likeness (QED) is 0.500. The third kappa shape index (κ3) is 6.32. The van der Waals surface area contributed by atoms with Crippen LogP contribution in [0.4, 0.5) is 5.69 Å². The molecular formula is C26H34N4O2. The molecule has 6 heteroatoms. The second-order valence-electron chi connectivity index (χ2n) is 8.86. The minimum absolute atomic E-state index is 0.103. The number of nitriles is 1. The number of benzene rings is 1. The largest absolute Gasteiger partial charge is 0.379 e. The molecule has 2 aromatic rings. The highest BCUT2D eigenvalue weighted by molar-refractivity contribution is 6.09. The molecule has 0 bridgehead atoms. The van der Waals surface area contributed by atoms with Crippen LogP contribution in [0, 0.1) is 31.1 Å². The van der Waals surface area contributed by atoms with Gasteiger partial charge >= 0.3 is 0 Å². The van der Waals surface area contributed by atoms with Gasteiger partial charge in [-0.1, -0.05) is 26.0 Å². The smallest absolute Gasteiger partial charge is 0.266 e. The Labute approximate surface area is 191 Å². The van der Waals surface area contributed by atoms with E-state index in [9.17, 15) is 10.1 Å². The fourth-order valence-corrected chi connectivity index (χ4v) is 3.99. The molecule has 2 heterocycles. The number of amides is 1. The number of carbonyl (C=O) groups excluding carboxylic acids is 1. The fourth-order valence-electron chi connectivity index (χ4n) is 3.99. The van der Waals surface area contributed by atoms with Gasteiger partial charge in [-0.3, -0.25) is 9.69 Å². The van der Waals surface area contributed by atoms with Gasteiger partial charge in [0.05, 0.1) is 13.2 Å². The summed E-state index contributed by atoms with van der Waals surface area (Å²) in [5.41, 5.74) is 5.13. The monoisotopic (exact) mass is 434 g/mol. The van der Waals surface area contributed by atoms with Crippen molar-refractivity contribution in [1.82, 2.24) is 9.47 Å². The highest BCUT2D eigenvalue weighted by atomic mass is 16.5. The summed E-state index contributed by atoms with van der Waals surface area (Å²) < 4.78 is 7.62. The molecule has 1 saturated heterocycles. The van der Waals surface area contributed by atoms with Gasteiger partial charge in [-0.15, -0.1) is 0 Å². The first-order valence-electron chi connectivity index (χ1n) is 11.4. The Morgan fingerprint density at radius 2 is 1.91 bits per heavy atom. The van der Waals surface area contributed by atoms with Gasteiger partial charge in [-0.25, -0.2) is 0 Å². The molecule has 32 heavy (non-hydrogen) atoms. The van der Waals surface area contributed by atoms with Gasteiger partial charge in [0.2, 0.25) is 0 Å². The average Bonchev–Trinajstić information content (AvgIpc) is 3.04. The molecule has 1 aromatic carbocycles. The Bertz CT molecular complexity index is 990. The maximum Gasteiger partial charge on any atom is 0.266 e. The van der Waals surface area contributed by atoms with E-state index in [-0.39, 0.29) is 11.5 Å².